The van der Waals surface area contributed by atoms with Crippen LogP contribution >= 0.6 is 0 Å². The number of nitrogens with zero attached hydrogens (tertiary/aromatic N) is 2. The van der Waals surface area contributed by atoms with Crippen LogP contribution in [0.3, 0.4) is 0 Å². The summed E-state index contributed by atoms with van der Waals surface area (Å²) in [5, 5.41) is 0. The normalized spacial score (nSPS) is 37.7. The Morgan fingerprint density at radius 3 is 1.48 bits per heavy atom. The molecule has 0 radical (unpaired) electrons. The monoisotopic (exact) mass is 390 g/mol. The SMILES string of the molecule is O=C1C2CCCCC2C(=O)N1c1ccc(N2C(=O)C3C4C=CC(C4)C3C2=O)cc1. The molecule has 2 aliphatic heterocycles. The zero-order chi connectivity index (χ0) is 19.9. The van der Waals surface area contributed by atoms with Crippen molar-refractivity contribution in [3.63, 3.8) is 0 Å². The minimum atomic E-state index is -0.234. The van der Waals surface area contributed by atoms with Crippen LogP contribution < -0.4 is 9.80 Å². The number of benzene rings is 1. The maximum atomic E-state index is 13.0. The lowest BCUT2D eigenvalue weighted by Crippen LogP contribution is -2.33. The number of amides is 4. The number of allylic oxidation sites excluding steroid dienone is 2. The van der Waals surface area contributed by atoms with Gasteiger partial charge in [0, 0.05) is 0 Å². The Bertz CT molecular complexity index is 927. The van der Waals surface area contributed by atoms with E-state index < -0.39 is 0 Å². The van der Waals surface area contributed by atoms with Gasteiger partial charge in [-0.15, -0.1) is 0 Å². The number of carbonyl (C=O) groups is 4. The summed E-state index contributed by atoms with van der Waals surface area (Å²) in [6.07, 6.45) is 8.60. The molecule has 0 N–H and O–H groups in total. The number of imide groups is 2. The summed E-state index contributed by atoms with van der Waals surface area (Å²) in [7, 11) is 0. The average Bonchev–Trinajstić information content (AvgIpc) is 3.47. The summed E-state index contributed by atoms with van der Waals surface area (Å²) >= 11 is 0. The first kappa shape index (κ1) is 17.1. The van der Waals surface area contributed by atoms with Gasteiger partial charge in [-0.05, 0) is 55.4 Å². The first-order valence-corrected chi connectivity index (χ1v) is 10.6. The largest absolute Gasteiger partial charge is 0.274 e. The zero-order valence-electron chi connectivity index (χ0n) is 16.0. The van der Waals surface area contributed by atoms with Crippen LogP contribution in [0.25, 0.3) is 0 Å². The second-order valence-electron chi connectivity index (χ2n) is 9.04. The van der Waals surface area contributed by atoms with Gasteiger partial charge in [-0.2, -0.15) is 0 Å². The number of carbonyl (C=O) groups excluding carboxylic acids is 4. The topological polar surface area (TPSA) is 74.8 Å². The van der Waals surface area contributed by atoms with Gasteiger partial charge in [0.1, 0.15) is 0 Å². The molecule has 6 unspecified atom stereocenters. The quantitative estimate of drug-likeness (QED) is 0.575. The van der Waals surface area contributed by atoms with E-state index in [1.165, 1.54) is 9.80 Å². The Morgan fingerprint density at radius 2 is 1.03 bits per heavy atom. The third-order valence-electron chi connectivity index (χ3n) is 7.68. The van der Waals surface area contributed by atoms with Crippen molar-refractivity contribution in [3.05, 3.63) is 36.4 Å². The molecule has 2 heterocycles. The van der Waals surface area contributed by atoms with E-state index in [0.717, 1.165) is 32.1 Å². The van der Waals surface area contributed by atoms with Crippen LogP contribution in [0.15, 0.2) is 36.4 Å². The minimum absolute atomic E-state index is 0.113. The van der Waals surface area contributed by atoms with Crippen LogP contribution in [0, 0.1) is 35.5 Å². The van der Waals surface area contributed by atoms with Gasteiger partial charge in [-0.3, -0.25) is 29.0 Å². The van der Waals surface area contributed by atoms with E-state index in [-0.39, 0.29) is 59.1 Å². The van der Waals surface area contributed by atoms with Gasteiger partial charge in [0.15, 0.2) is 0 Å². The van der Waals surface area contributed by atoms with Crippen molar-refractivity contribution in [1.82, 2.24) is 0 Å². The van der Waals surface area contributed by atoms with Crippen LogP contribution in [-0.4, -0.2) is 23.6 Å². The molecule has 6 rings (SSSR count). The summed E-state index contributed by atoms with van der Waals surface area (Å²) in [4.78, 5) is 54.1. The van der Waals surface area contributed by atoms with Crippen molar-refractivity contribution in [2.45, 2.75) is 32.1 Å². The van der Waals surface area contributed by atoms with Crippen LogP contribution in [0.1, 0.15) is 32.1 Å². The Kier molecular flexibility index (Phi) is 3.47. The summed E-state index contributed by atoms with van der Waals surface area (Å²) in [5.41, 5.74) is 1.05. The highest BCUT2D eigenvalue weighted by atomic mass is 16.2. The summed E-state index contributed by atoms with van der Waals surface area (Å²) in [5.74, 6) is -0.976. The second kappa shape index (κ2) is 5.88. The number of fused-ring (bicyclic) bond motifs is 6. The maximum absolute atomic E-state index is 13.0. The lowest BCUT2D eigenvalue weighted by Gasteiger charge is -2.19. The smallest absolute Gasteiger partial charge is 0.238 e. The van der Waals surface area contributed by atoms with Crippen LogP contribution in [0.5, 0.6) is 0 Å². The molecule has 29 heavy (non-hydrogen) atoms. The molecule has 0 aromatic heterocycles. The van der Waals surface area contributed by atoms with Gasteiger partial charge in [-0.25, -0.2) is 0 Å². The summed E-state index contributed by atoms with van der Waals surface area (Å²) in [6, 6.07) is 6.74. The first-order chi connectivity index (χ1) is 14.1. The molecule has 2 saturated carbocycles. The molecule has 148 valence electrons. The molecule has 5 aliphatic rings. The molecule has 4 fully saturated rings. The van der Waals surface area contributed by atoms with Gasteiger partial charge in [0.25, 0.3) is 0 Å². The molecule has 2 bridgehead atoms. The third kappa shape index (κ3) is 2.17. The van der Waals surface area contributed by atoms with Gasteiger partial charge in [0.2, 0.25) is 23.6 Å². The molecule has 1 aromatic carbocycles. The van der Waals surface area contributed by atoms with Crippen molar-refractivity contribution in [2.75, 3.05) is 9.80 Å². The number of hydrogen-bond donors (Lipinski definition) is 0. The Morgan fingerprint density at radius 1 is 0.621 bits per heavy atom. The highest BCUT2D eigenvalue weighted by Crippen LogP contribution is 2.53. The first-order valence-electron chi connectivity index (χ1n) is 10.6. The molecule has 2 saturated heterocycles. The third-order valence-corrected chi connectivity index (χ3v) is 7.68. The highest BCUT2D eigenvalue weighted by molar-refractivity contribution is 6.24. The molecule has 6 nitrogen and oxygen atoms in total. The fourth-order valence-electron chi connectivity index (χ4n) is 6.32. The fourth-order valence-corrected chi connectivity index (χ4v) is 6.32. The van der Waals surface area contributed by atoms with E-state index >= 15 is 0 Å². The van der Waals surface area contributed by atoms with E-state index in [4.69, 9.17) is 0 Å². The van der Waals surface area contributed by atoms with Crippen molar-refractivity contribution in [3.8, 4) is 0 Å². The lowest BCUT2D eigenvalue weighted by atomic mass is 9.81. The average molecular weight is 390 g/mol. The van der Waals surface area contributed by atoms with Gasteiger partial charge in [0.05, 0.1) is 35.0 Å². The standard InChI is InChI=1S/C23H22N2O4/c26-20-16-3-1-2-4-17(16)21(27)24(20)14-7-9-15(10-8-14)25-22(28)18-12-5-6-13(11-12)19(18)23(25)29/h5-10,12-13,16-19H,1-4,11H2. The molecule has 6 heteroatoms. The Labute approximate surface area is 168 Å². The number of anilines is 2. The molecular weight excluding hydrogens is 368 g/mol. The summed E-state index contributed by atoms with van der Waals surface area (Å²) in [6.45, 7) is 0. The predicted molar refractivity (Wildman–Crippen MR) is 105 cm³/mol. The van der Waals surface area contributed by atoms with Crippen molar-refractivity contribution in [1.29, 1.82) is 0 Å². The maximum Gasteiger partial charge on any atom is 0.238 e. The van der Waals surface area contributed by atoms with Crippen LogP contribution in [-0.2, 0) is 19.2 Å². The molecule has 6 atom stereocenters. The number of hydrogen-bond acceptors (Lipinski definition) is 4. The van der Waals surface area contributed by atoms with Crippen molar-refractivity contribution in [2.24, 2.45) is 35.5 Å². The van der Waals surface area contributed by atoms with E-state index in [0.29, 0.717) is 11.4 Å². The number of rotatable bonds is 2. The van der Waals surface area contributed by atoms with Gasteiger partial charge >= 0.3 is 0 Å². The van der Waals surface area contributed by atoms with Crippen LogP contribution in [0.2, 0.25) is 0 Å². The minimum Gasteiger partial charge on any atom is -0.274 e. The van der Waals surface area contributed by atoms with Crippen molar-refractivity contribution < 1.29 is 19.2 Å². The molecular formula is C23H22N2O4. The fraction of sp³-hybridized carbons (Fsp3) is 0.478. The van der Waals surface area contributed by atoms with E-state index in [1.54, 1.807) is 24.3 Å². The zero-order valence-corrected chi connectivity index (χ0v) is 16.0. The Balaban J connectivity index is 1.28. The molecule has 1 aromatic rings. The predicted octanol–water partition coefficient (Wildman–Crippen LogP) is 2.68. The van der Waals surface area contributed by atoms with E-state index in [1.807, 2.05) is 0 Å². The van der Waals surface area contributed by atoms with Crippen molar-refractivity contribution >= 4 is 35.0 Å². The molecule has 0 spiro atoms. The van der Waals surface area contributed by atoms with Crippen LogP contribution in [0.4, 0.5) is 11.4 Å². The molecule has 3 aliphatic carbocycles. The highest BCUT2D eigenvalue weighted by Gasteiger charge is 2.59. The van der Waals surface area contributed by atoms with Gasteiger partial charge < -0.3 is 0 Å². The Hall–Kier alpha value is -2.76. The van der Waals surface area contributed by atoms with E-state index in [9.17, 15) is 19.2 Å². The summed E-state index contributed by atoms with van der Waals surface area (Å²) < 4.78 is 0. The van der Waals surface area contributed by atoms with E-state index in [2.05, 4.69) is 12.2 Å². The molecule has 4 amide bonds. The lowest BCUT2D eigenvalue weighted by molar-refractivity contribution is -0.124. The second-order valence-corrected chi connectivity index (χ2v) is 9.04. The van der Waals surface area contributed by atoms with Gasteiger partial charge in [-0.1, -0.05) is 25.0 Å².